The van der Waals surface area contributed by atoms with Crippen LogP contribution in [0.1, 0.15) is 24.0 Å². The molecule has 0 amide bonds. The molecule has 1 N–H and O–H groups in total. The lowest BCUT2D eigenvalue weighted by molar-refractivity contribution is -0.140. The van der Waals surface area contributed by atoms with Crippen molar-refractivity contribution in [1.29, 1.82) is 0 Å². The Morgan fingerprint density at radius 1 is 1.17 bits per heavy atom. The second-order valence-electron chi connectivity index (χ2n) is 5.72. The van der Waals surface area contributed by atoms with E-state index in [1.54, 1.807) is 6.20 Å². The first-order chi connectivity index (χ1) is 11.4. The van der Waals surface area contributed by atoms with E-state index in [2.05, 4.69) is 20.4 Å². The molecule has 3 aromatic rings. The molecule has 2 heterocycles. The van der Waals surface area contributed by atoms with Gasteiger partial charge in [0.05, 0.1) is 23.5 Å². The molecule has 1 fully saturated rings. The molecule has 2 aromatic heterocycles. The van der Waals surface area contributed by atoms with Crippen molar-refractivity contribution < 1.29 is 17.6 Å². The lowest BCUT2D eigenvalue weighted by Crippen LogP contribution is -2.22. The van der Waals surface area contributed by atoms with Crippen LogP contribution in [0.2, 0.25) is 0 Å². The number of anilines is 1. The summed E-state index contributed by atoms with van der Waals surface area (Å²) >= 11 is 0. The molecular weight excluding hydrogens is 326 g/mol. The molecule has 0 saturated heterocycles. The maximum atomic E-state index is 13.9. The normalized spacial score (nSPS) is 16.3. The molecule has 9 heteroatoms. The zero-order chi connectivity index (χ0) is 16.9. The number of hydrogen-bond acceptors (Lipinski definition) is 4. The minimum atomic E-state index is -4.71. The molecule has 0 unspecified atom stereocenters. The first kappa shape index (κ1) is 14.9. The first-order valence-electron chi connectivity index (χ1n) is 7.18. The third-order valence-corrected chi connectivity index (χ3v) is 4.13. The van der Waals surface area contributed by atoms with Crippen LogP contribution in [0.5, 0.6) is 0 Å². The molecule has 4 rings (SSSR count). The fourth-order valence-electron chi connectivity index (χ4n) is 2.74. The van der Waals surface area contributed by atoms with E-state index in [9.17, 15) is 17.6 Å². The number of halogens is 4. The van der Waals surface area contributed by atoms with E-state index < -0.39 is 23.1 Å². The number of fused-ring (bicyclic) bond motifs is 1. The van der Waals surface area contributed by atoms with Crippen molar-refractivity contribution in [1.82, 2.24) is 19.6 Å². The second kappa shape index (κ2) is 4.89. The zero-order valence-electron chi connectivity index (χ0n) is 12.2. The number of nitrogens with zero attached hydrogens (tertiary/aromatic N) is 4. The standard InChI is InChI=1S/C15H11F4N5/c16-11-5-9(1-2-10(11)15(17,18)19)14(3-4-14)23-13-7-20-6-12-21-8-22-24(12)13/h1-2,5-8,23H,3-4H2. The molecule has 0 bridgehead atoms. The molecule has 0 radical (unpaired) electrons. The van der Waals surface area contributed by atoms with Crippen LogP contribution < -0.4 is 5.32 Å². The Balaban J connectivity index is 1.69. The van der Waals surface area contributed by atoms with Crippen molar-refractivity contribution in [3.05, 3.63) is 53.9 Å². The quantitative estimate of drug-likeness (QED) is 0.745. The lowest BCUT2D eigenvalue weighted by atomic mass is 10.0. The van der Waals surface area contributed by atoms with Crippen molar-refractivity contribution in [3.8, 4) is 0 Å². The van der Waals surface area contributed by atoms with Crippen LogP contribution in [-0.4, -0.2) is 19.6 Å². The van der Waals surface area contributed by atoms with Gasteiger partial charge in [0.1, 0.15) is 18.0 Å². The van der Waals surface area contributed by atoms with Gasteiger partial charge in [-0.3, -0.25) is 4.98 Å². The molecule has 0 aliphatic heterocycles. The Bertz CT molecular complexity index is 914. The van der Waals surface area contributed by atoms with Gasteiger partial charge in [-0.05, 0) is 30.5 Å². The Morgan fingerprint density at radius 3 is 2.62 bits per heavy atom. The van der Waals surface area contributed by atoms with Crippen LogP contribution in [0.15, 0.2) is 36.9 Å². The molecule has 1 aliphatic carbocycles. The molecule has 0 atom stereocenters. The Hall–Kier alpha value is -2.71. The van der Waals surface area contributed by atoms with Crippen LogP contribution in [0.25, 0.3) is 5.65 Å². The van der Waals surface area contributed by atoms with Crippen LogP contribution in [0, 0.1) is 5.82 Å². The molecule has 124 valence electrons. The van der Waals surface area contributed by atoms with Gasteiger partial charge in [-0.2, -0.15) is 22.8 Å². The predicted octanol–water partition coefficient (Wildman–Crippen LogP) is 3.38. The molecule has 1 aromatic carbocycles. The molecule has 1 saturated carbocycles. The number of aromatic nitrogens is 4. The Labute approximate surface area is 133 Å². The summed E-state index contributed by atoms with van der Waals surface area (Å²) in [5.41, 5.74) is -0.881. The number of rotatable bonds is 3. The highest BCUT2D eigenvalue weighted by atomic mass is 19.4. The van der Waals surface area contributed by atoms with Crippen LogP contribution in [0.4, 0.5) is 23.4 Å². The van der Waals surface area contributed by atoms with Crippen LogP contribution >= 0.6 is 0 Å². The molecule has 1 aliphatic rings. The van der Waals surface area contributed by atoms with Gasteiger partial charge in [-0.15, -0.1) is 0 Å². The maximum Gasteiger partial charge on any atom is 0.419 e. The van der Waals surface area contributed by atoms with Gasteiger partial charge in [0.15, 0.2) is 5.65 Å². The molecule has 5 nitrogen and oxygen atoms in total. The van der Waals surface area contributed by atoms with Gasteiger partial charge in [-0.1, -0.05) is 6.07 Å². The zero-order valence-corrected chi connectivity index (χ0v) is 12.2. The largest absolute Gasteiger partial charge is 0.419 e. The summed E-state index contributed by atoms with van der Waals surface area (Å²) in [6.45, 7) is 0. The summed E-state index contributed by atoms with van der Waals surface area (Å²) < 4.78 is 53.5. The summed E-state index contributed by atoms with van der Waals surface area (Å²) in [5.74, 6) is -0.729. The van der Waals surface area contributed by atoms with E-state index in [0.29, 0.717) is 29.9 Å². The highest BCUT2D eigenvalue weighted by Crippen LogP contribution is 2.49. The highest BCUT2D eigenvalue weighted by Gasteiger charge is 2.46. The van der Waals surface area contributed by atoms with Crippen molar-refractivity contribution in [2.24, 2.45) is 0 Å². The summed E-state index contributed by atoms with van der Waals surface area (Å²) in [4.78, 5) is 8.07. The lowest BCUT2D eigenvalue weighted by Gasteiger charge is -2.20. The molecular formula is C15H11F4N5. The van der Waals surface area contributed by atoms with E-state index in [1.807, 2.05) is 0 Å². The molecule has 0 spiro atoms. The van der Waals surface area contributed by atoms with Gasteiger partial charge in [-0.25, -0.2) is 9.37 Å². The predicted molar refractivity (Wildman–Crippen MR) is 76.7 cm³/mol. The highest BCUT2D eigenvalue weighted by molar-refractivity contribution is 5.50. The summed E-state index contributed by atoms with van der Waals surface area (Å²) in [6, 6.07) is 3.03. The van der Waals surface area contributed by atoms with Crippen molar-refractivity contribution >= 4 is 11.5 Å². The number of hydrogen-bond donors (Lipinski definition) is 1. The fourth-order valence-corrected chi connectivity index (χ4v) is 2.74. The minimum Gasteiger partial charge on any atom is -0.359 e. The van der Waals surface area contributed by atoms with E-state index in [1.165, 1.54) is 23.1 Å². The average Bonchev–Trinajstić information content (AvgIpc) is 3.13. The van der Waals surface area contributed by atoms with Gasteiger partial charge in [0.2, 0.25) is 0 Å². The van der Waals surface area contributed by atoms with Gasteiger partial charge >= 0.3 is 6.18 Å². The minimum absolute atomic E-state index is 0.463. The van der Waals surface area contributed by atoms with Crippen LogP contribution in [-0.2, 0) is 11.7 Å². The SMILES string of the molecule is Fc1cc(C2(Nc3cncc4ncnn34)CC2)ccc1C(F)(F)F. The fraction of sp³-hybridized carbons (Fsp3) is 0.267. The van der Waals surface area contributed by atoms with Gasteiger partial charge < -0.3 is 5.32 Å². The van der Waals surface area contributed by atoms with Gasteiger partial charge in [0.25, 0.3) is 0 Å². The van der Waals surface area contributed by atoms with E-state index >= 15 is 0 Å². The Kier molecular flexibility index (Phi) is 3.03. The summed E-state index contributed by atoms with van der Waals surface area (Å²) in [5, 5.41) is 7.28. The van der Waals surface area contributed by atoms with E-state index in [4.69, 9.17) is 0 Å². The maximum absolute atomic E-state index is 13.9. The van der Waals surface area contributed by atoms with Crippen molar-refractivity contribution in [2.45, 2.75) is 24.6 Å². The summed E-state index contributed by atoms with van der Waals surface area (Å²) in [6.07, 6.45) is 1.09. The van der Waals surface area contributed by atoms with Crippen molar-refractivity contribution in [2.75, 3.05) is 5.32 Å². The number of nitrogens with one attached hydrogen (secondary N) is 1. The third-order valence-electron chi connectivity index (χ3n) is 4.13. The second-order valence-corrected chi connectivity index (χ2v) is 5.72. The van der Waals surface area contributed by atoms with Crippen molar-refractivity contribution in [3.63, 3.8) is 0 Å². The monoisotopic (exact) mass is 337 g/mol. The number of alkyl halides is 3. The third kappa shape index (κ3) is 2.36. The van der Waals surface area contributed by atoms with E-state index in [0.717, 1.165) is 12.1 Å². The average molecular weight is 337 g/mol. The van der Waals surface area contributed by atoms with Crippen LogP contribution in [0.3, 0.4) is 0 Å². The first-order valence-corrected chi connectivity index (χ1v) is 7.18. The number of benzene rings is 1. The Morgan fingerprint density at radius 2 is 1.96 bits per heavy atom. The van der Waals surface area contributed by atoms with Gasteiger partial charge in [0, 0.05) is 0 Å². The smallest absolute Gasteiger partial charge is 0.359 e. The van der Waals surface area contributed by atoms with E-state index in [-0.39, 0.29) is 0 Å². The molecule has 24 heavy (non-hydrogen) atoms. The summed E-state index contributed by atoms with van der Waals surface area (Å²) in [7, 11) is 0. The topological polar surface area (TPSA) is 55.1 Å².